The smallest absolute Gasteiger partial charge is 0.145 e. The summed E-state index contributed by atoms with van der Waals surface area (Å²) in [5.41, 5.74) is 2.30. The number of benzene rings is 2. The highest BCUT2D eigenvalue weighted by Gasteiger charge is 2.29. The minimum atomic E-state index is 0.226. The Hall–Kier alpha value is -2.35. The molecule has 40 heavy (non-hydrogen) atoms. The number of hydrogen-bond donors (Lipinski definition) is 0. The normalized spacial score (nSPS) is 19.3. The lowest BCUT2D eigenvalue weighted by Crippen LogP contribution is -2.48. The van der Waals surface area contributed by atoms with Gasteiger partial charge in [-0.05, 0) is 47.9 Å². The predicted molar refractivity (Wildman–Crippen MR) is 173 cm³/mol. The molecule has 2 aliphatic rings. The highest BCUT2D eigenvalue weighted by Crippen LogP contribution is 2.32. The minimum absolute atomic E-state index is 0.226. The molecule has 0 spiro atoms. The second-order valence-corrected chi connectivity index (χ2v) is 12.5. The van der Waals surface area contributed by atoms with E-state index in [1.165, 1.54) is 5.56 Å². The zero-order chi connectivity index (χ0) is 27.9. The van der Waals surface area contributed by atoms with Gasteiger partial charge in [-0.3, -0.25) is 9.80 Å². The van der Waals surface area contributed by atoms with Crippen molar-refractivity contribution >= 4 is 51.7 Å². The lowest BCUT2D eigenvalue weighted by molar-refractivity contribution is 0.0761. The van der Waals surface area contributed by atoms with Crippen molar-refractivity contribution < 1.29 is 0 Å². The molecule has 2 aliphatic heterocycles. The van der Waals surface area contributed by atoms with Gasteiger partial charge in [0.25, 0.3) is 0 Å². The number of hydrogen-bond acceptors (Lipinski definition) is 6. The van der Waals surface area contributed by atoms with E-state index in [0.29, 0.717) is 5.03 Å². The molecule has 0 aliphatic carbocycles. The predicted octanol–water partition coefficient (Wildman–Crippen LogP) is 7.20. The molecule has 0 bridgehead atoms. The van der Waals surface area contributed by atoms with Crippen molar-refractivity contribution in [2.45, 2.75) is 19.5 Å². The maximum atomic E-state index is 6.32. The van der Waals surface area contributed by atoms with Crippen LogP contribution in [0.2, 0.25) is 5.02 Å². The molecule has 5 nitrogen and oxygen atoms in total. The van der Waals surface area contributed by atoms with Crippen LogP contribution in [-0.4, -0.2) is 70.5 Å². The number of halogens is 2. The van der Waals surface area contributed by atoms with Gasteiger partial charge in [0.2, 0.25) is 0 Å². The third kappa shape index (κ3) is 7.29. The molecule has 0 radical (unpaired) electrons. The van der Waals surface area contributed by atoms with Crippen molar-refractivity contribution in [3.05, 3.63) is 101 Å². The average Bonchev–Trinajstić information content (AvgIpc) is 2.98. The number of thioether (sulfide) groups is 1. The van der Waals surface area contributed by atoms with E-state index in [1.807, 2.05) is 36.0 Å². The molecule has 2 aromatic carbocycles. The second kappa shape index (κ2) is 14.0. The molecule has 2 fully saturated rings. The lowest BCUT2D eigenvalue weighted by atomic mass is 9.92. The van der Waals surface area contributed by atoms with Crippen LogP contribution < -0.4 is 4.90 Å². The van der Waals surface area contributed by atoms with Gasteiger partial charge in [-0.25, -0.2) is 9.97 Å². The fraction of sp³-hybridized carbons (Fsp3) is 0.375. The Morgan fingerprint density at radius 1 is 1.00 bits per heavy atom. The van der Waals surface area contributed by atoms with E-state index in [9.17, 15) is 0 Å². The van der Waals surface area contributed by atoms with E-state index in [0.717, 1.165) is 84.9 Å². The number of para-hydroxylation sites is 1. The molecule has 2 saturated heterocycles. The monoisotopic (exact) mass is 593 g/mol. The van der Waals surface area contributed by atoms with Crippen LogP contribution >= 0.6 is 35.0 Å². The van der Waals surface area contributed by atoms with Gasteiger partial charge in [0.15, 0.2) is 0 Å². The summed E-state index contributed by atoms with van der Waals surface area (Å²) >= 11 is 14.6. The fourth-order valence-corrected chi connectivity index (χ4v) is 6.81. The van der Waals surface area contributed by atoms with Gasteiger partial charge in [-0.15, -0.1) is 0 Å². The first-order valence-corrected chi connectivity index (χ1v) is 15.9. The summed E-state index contributed by atoms with van der Waals surface area (Å²) in [5.74, 6) is 4.55. The summed E-state index contributed by atoms with van der Waals surface area (Å²) in [4.78, 5) is 17.6. The first-order chi connectivity index (χ1) is 19.5. The molecule has 2 unspecified atom stereocenters. The molecule has 5 rings (SSSR count). The Bertz CT molecular complexity index is 1350. The van der Waals surface area contributed by atoms with Gasteiger partial charge in [0.1, 0.15) is 11.6 Å². The Labute approximate surface area is 252 Å². The molecule has 2 atom stereocenters. The molecule has 8 heteroatoms. The third-order valence-corrected chi connectivity index (χ3v) is 9.10. The fourth-order valence-electron chi connectivity index (χ4n) is 5.62. The SMILES string of the molecule is C=C/C=C(Cl)\C=C/C(C)C(c1ccc(Cl)cc1)N1CCN(Cc2nc(N3CCSCC3)c3ccccc3n2)CC1. The average molecular weight is 595 g/mol. The van der Waals surface area contributed by atoms with Crippen LogP contribution in [0.15, 0.2) is 84.4 Å². The molecule has 0 saturated carbocycles. The largest absolute Gasteiger partial charge is 0.354 e. The zero-order valence-corrected chi connectivity index (χ0v) is 25.4. The van der Waals surface area contributed by atoms with Gasteiger partial charge >= 0.3 is 0 Å². The third-order valence-electron chi connectivity index (χ3n) is 7.65. The summed E-state index contributed by atoms with van der Waals surface area (Å²) in [6.07, 6.45) is 7.69. The van der Waals surface area contributed by atoms with E-state index < -0.39 is 0 Å². The van der Waals surface area contributed by atoms with Gasteiger partial charge in [-0.1, -0.05) is 73.1 Å². The van der Waals surface area contributed by atoms with E-state index in [-0.39, 0.29) is 12.0 Å². The van der Waals surface area contributed by atoms with E-state index in [1.54, 1.807) is 6.08 Å². The van der Waals surface area contributed by atoms with Gasteiger partial charge in [0, 0.05) is 72.3 Å². The van der Waals surface area contributed by atoms with Crippen molar-refractivity contribution in [3.63, 3.8) is 0 Å². The van der Waals surface area contributed by atoms with Crippen molar-refractivity contribution in [3.8, 4) is 0 Å². The second-order valence-electron chi connectivity index (χ2n) is 10.4. The quantitative estimate of drug-likeness (QED) is 0.244. The van der Waals surface area contributed by atoms with E-state index in [4.69, 9.17) is 33.2 Å². The van der Waals surface area contributed by atoms with Crippen LogP contribution in [0.25, 0.3) is 10.9 Å². The summed E-state index contributed by atoms with van der Waals surface area (Å²) in [7, 11) is 0. The van der Waals surface area contributed by atoms with Crippen LogP contribution in [0.5, 0.6) is 0 Å². The molecule has 1 aromatic heterocycles. The van der Waals surface area contributed by atoms with Crippen LogP contribution in [0.1, 0.15) is 24.4 Å². The van der Waals surface area contributed by atoms with Crippen LogP contribution in [0, 0.1) is 5.92 Å². The first-order valence-electron chi connectivity index (χ1n) is 14.0. The number of fused-ring (bicyclic) bond motifs is 1. The standard InChI is InChI=1S/C32H37Cl2N5S/c1-3-6-26(33)12-9-24(2)31(25-10-13-27(34)14-11-25)38-17-15-37(16-18-38)23-30-35-29-8-5-4-7-28(29)32(36-30)39-19-21-40-22-20-39/h3-14,24,31H,1,15-23H2,2H3/b12-9-,26-6+. The molecule has 0 N–H and O–H groups in total. The molecule has 3 aromatic rings. The zero-order valence-electron chi connectivity index (χ0n) is 23.1. The van der Waals surface area contributed by atoms with Crippen molar-refractivity contribution in [2.24, 2.45) is 5.92 Å². The van der Waals surface area contributed by atoms with Crippen LogP contribution in [-0.2, 0) is 6.54 Å². The van der Waals surface area contributed by atoms with Crippen molar-refractivity contribution in [1.29, 1.82) is 0 Å². The maximum Gasteiger partial charge on any atom is 0.145 e. The van der Waals surface area contributed by atoms with Gasteiger partial charge in [-0.2, -0.15) is 11.8 Å². The van der Waals surface area contributed by atoms with Crippen LogP contribution in [0.4, 0.5) is 5.82 Å². The maximum absolute atomic E-state index is 6.32. The number of rotatable bonds is 9. The number of allylic oxidation sites excluding steroid dienone is 4. The molecular formula is C32H37Cl2N5S. The summed E-state index contributed by atoms with van der Waals surface area (Å²) in [6.45, 7) is 12.7. The molecular weight excluding hydrogens is 557 g/mol. The van der Waals surface area contributed by atoms with E-state index >= 15 is 0 Å². The van der Waals surface area contributed by atoms with Gasteiger partial charge < -0.3 is 4.90 Å². The van der Waals surface area contributed by atoms with Crippen molar-refractivity contribution in [1.82, 2.24) is 19.8 Å². The Kier molecular flexibility index (Phi) is 10.2. The summed E-state index contributed by atoms with van der Waals surface area (Å²) in [5, 5.41) is 2.59. The number of aromatic nitrogens is 2. The Balaban J connectivity index is 1.31. The first kappa shape index (κ1) is 29.2. The number of nitrogens with zero attached hydrogens (tertiary/aromatic N) is 5. The number of anilines is 1. The summed E-state index contributed by atoms with van der Waals surface area (Å²) in [6, 6.07) is 16.9. The van der Waals surface area contributed by atoms with E-state index in [2.05, 4.69) is 70.7 Å². The summed E-state index contributed by atoms with van der Waals surface area (Å²) < 4.78 is 0. The van der Waals surface area contributed by atoms with Crippen molar-refractivity contribution in [2.75, 3.05) is 55.7 Å². The molecule has 210 valence electrons. The highest BCUT2D eigenvalue weighted by atomic mass is 35.5. The Morgan fingerprint density at radius 2 is 1.73 bits per heavy atom. The van der Waals surface area contributed by atoms with Gasteiger partial charge in [0.05, 0.1) is 12.1 Å². The Morgan fingerprint density at radius 3 is 2.45 bits per heavy atom. The molecule has 0 amide bonds. The lowest BCUT2D eigenvalue weighted by Gasteiger charge is -2.41. The number of piperazine rings is 1. The topological polar surface area (TPSA) is 35.5 Å². The van der Waals surface area contributed by atoms with Crippen LogP contribution in [0.3, 0.4) is 0 Å². The molecule has 3 heterocycles. The minimum Gasteiger partial charge on any atom is -0.354 e. The highest BCUT2D eigenvalue weighted by molar-refractivity contribution is 7.99.